The number of carbonyl (C=O) groups is 1. The fourth-order valence-corrected chi connectivity index (χ4v) is 2.19. The van der Waals surface area contributed by atoms with Gasteiger partial charge in [-0.15, -0.1) is 0 Å². The molecule has 0 amide bonds. The maximum Gasteiger partial charge on any atom is 0.151 e. The van der Waals surface area contributed by atoms with E-state index in [-0.39, 0.29) is 16.8 Å². The van der Waals surface area contributed by atoms with Crippen LogP contribution in [0.3, 0.4) is 0 Å². The van der Waals surface area contributed by atoms with Gasteiger partial charge in [-0.2, -0.15) is 0 Å². The second-order valence-electron chi connectivity index (χ2n) is 4.44. The van der Waals surface area contributed by atoms with Crippen molar-refractivity contribution in [2.45, 2.75) is 13.0 Å². The van der Waals surface area contributed by atoms with Gasteiger partial charge in [0.05, 0.1) is 16.8 Å². The highest BCUT2D eigenvalue weighted by Gasteiger charge is 2.14. The smallest absolute Gasteiger partial charge is 0.151 e. The number of hydrogen-bond acceptors (Lipinski definition) is 3. The van der Waals surface area contributed by atoms with E-state index in [4.69, 9.17) is 11.6 Å². The van der Waals surface area contributed by atoms with Crippen molar-refractivity contribution in [2.75, 3.05) is 7.05 Å². The fraction of sp³-hybridized carbons (Fsp3) is 0.200. The van der Waals surface area contributed by atoms with Gasteiger partial charge in [-0.3, -0.25) is 9.78 Å². The Bertz CT molecular complexity index is 628. The Morgan fingerprint density at radius 1 is 1.35 bits per heavy atom. The summed E-state index contributed by atoms with van der Waals surface area (Å²) in [5.74, 6) is -0.439. The minimum atomic E-state index is -0.459. The molecule has 0 aliphatic rings. The predicted octanol–water partition coefficient (Wildman–Crippen LogP) is 3.39. The monoisotopic (exact) mass is 292 g/mol. The first-order valence-corrected chi connectivity index (χ1v) is 6.50. The van der Waals surface area contributed by atoms with E-state index >= 15 is 0 Å². The van der Waals surface area contributed by atoms with Gasteiger partial charge in [0.2, 0.25) is 0 Å². The maximum atomic E-state index is 13.1. The molecule has 5 heteroatoms. The lowest BCUT2D eigenvalue weighted by molar-refractivity contribution is -0.119. The van der Waals surface area contributed by atoms with Crippen molar-refractivity contribution in [1.29, 1.82) is 0 Å². The highest BCUT2D eigenvalue weighted by atomic mass is 35.5. The zero-order chi connectivity index (χ0) is 14.7. The molecule has 0 saturated heterocycles. The van der Waals surface area contributed by atoms with E-state index in [9.17, 15) is 9.18 Å². The zero-order valence-electron chi connectivity index (χ0n) is 11.2. The fourth-order valence-electron chi connectivity index (χ4n) is 2.01. The van der Waals surface area contributed by atoms with Gasteiger partial charge in [0.1, 0.15) is 5.82 Å². The van der Waals surface area contributed by atoms with Gasteiger partial charge >= 0.3 is 0 Å². The topological polar surface area (TPSA) is 42.0 Å². The van der Waals surface area contributed by atoms with Crippen molar-refractivity contribution >= 4 is 17.4 Å². The lowest BCUT2D eigenvalue weighted by Crippen LogP contribution is -2.23. The summed E-state index contributed by atoms with van der Waals surface area (Å²) in [6.07, 6.45) is 1.63. The second kappa shape index (κ2) is 6.11. The number of nitrogens with one attached hydrogen (secondary N) is 1. The van der Waals surface area contributed by atoms with Crippen molar-refractivity contribution in [3.8, 4) is 11.3 Å². The lowest BCUT2D eigenvalue weighted by Gasteiger charge is -2.13. The van der Waals surface area contributed by atoms with Crippen LogP contribution in [-0.2, 0) is 4.79 Å². The van der Waals surface area contributed by atoms with Crippen LogP contribution in [0, 0.1) is 5.82 Å². The minimum Gasteiger partial charge on any atom is -0.307 e. The van der Waals surface area contributed by atoms with Crippen LogP contribution in [0.2, 0.25) is 5.02 Å². The third kappa shape index (κ3) is 3.03. The Morgan fingerprint density at radius 2 is 2.10 bits per heavy atom. The quantitative estimate of drug-likeness (QED) is 0.939. The van der Waals surface area contributed by atoms with Crippen LogP contribution < -0.4 is 5.32 Å². The molecule has 0 radical (unpaired) electrons. The Hall–Kier alpha value is -1.78. The van der Waals surface area contributed by atoms with Crippen LogP contribution in [-0.4, -0.2) is 17.8 Å². The van der Waals surface area contributed by atoms with E-state index in [1.165, 1.54) is 19.1 Å². The number of carbonyl (C=O) groups excluding carboxylic acids is 1. The molecule has 1 aromatic heterocycles. The number of hydrogen-bond donors (Lipinski definition) is 1. The molecule has 0 spiro atoms. The summed E-state index contributed by atoms with van der Waals surface area (Å²) in [7, 11) is 1.72. The van der Waals surface area contributed by atoms with Crippen molar-refractivity contribution in [3.05, 3.63) is 52.9 Å². The average molecular weight is 293 g/mol. The Morgan fingerprint density at radius 3 is 2.60 bits per heavy atom. The Balaban J connectivity index is 2.32. The number of benzene rings is 1. The number of aromatic nitrogens is 1. The molecule has 1 N–H and O–H groups in total. The van der Waals surface area contributed by atoms with Crippen molar-refractivity contribution < 1.29 is 9.18 Å². The number of halogens is 2. The van der Waals surface area contributed by atoms with Gasteiger partial charge in [0.25, 0.3) is 0 Å². The molecule has 0 bridgehead atoms. The summed E-state index contributed by atoms with van der Waals surface area (Å²) in [6.45, 7) is 1.52. The Labute approximate surface area is 121 Å². The molecular weight excluding hydrogens is 279 g/mol. The van der Waals surface area contributed by atoms with Crippen LogP contribution in [0.25, 0.3) is 11.3 Å². The largest absolute Gasteiger partial charge is 0.307 e. The van der Waals surface area contributed by atoms with E-state index in [1.807, 2.05) is 6.07 Å². The first-order valence-electron chi connectivity index (χ1n) is 6.12. The van der Waals surface area contributed by atoms with Crippen LogP contribution in [0.15, 0.2) is 36.5 Å². The van der Waals surface area contributed by atoms with E-state index in [0.717, 1.165) is 11.1 Å². The van der Waals surface area contributed by atoms with Crippen molar-refractivity contribution in [2.24, 2.45) is 0 Å². The molecule has 1 unspecified atom stereocenters. The van der Waals surface area contributed by atoms with Crippen LogP contribution >= 0.6 is 11.6 Å². The van der Waals surface area contributed by atoms with Gasteiger partial charge in [0, 0.05) is 11.8 Å². The third-order valence-corrected chi connectivity index (χ3v) is 3.32. The van der Waals surface area contributed by atoms with Gasteiger partial charge < -0.3 is 5.32 Å². The molecule has 104 valence electrons. The van der Waals surface area contributed by atoms with E-state index < -0.39 is 5.82 Å². The molecule has 2 aromatic rings. The first kappa shape index (κ1) is 14.6. The van der Waals surface area contributed by atoms with Crippen LogP contribution in [0.4, 0.5) is 4.39 Å². The summed E-state index contributed by atoms with van der Waals surface area (Å²) in [4.78, 5) is 15.8. The maximum absolute atomic E-state index is 13.1. The third-order valence-electron chi connectivity index (χ3n) is 3.03. The van der Waals surface area contributed by atoms with Gasteiger partial charge in [-0.1, -0.05) is 17.7 Å². The molecule has 0 aliphatic heterocycles. The summed E-state index contributed by atoms with van der Waals surface area (Å²) in [6, 6.07) is 7.69. The number of nitrogens with zero attached hydrogens (tertiary/aromatic N) is 1. The highest BCUT2D eigenvalue weighted by Crippen LogP contribution is 2.24. The zero-order valence-corrected chi connectivity index (χ0v) is 11.9. The molecule has 20 heavy (non-hydrogen) atoms. The Kier molecular flexibility index (Phi) is 4.47. The van der Waals surface area contributed by atoms with Crippen LogP contribution in [0.5, 0.6) is 0 Å². The molecule has 0 fully saturated rings. The highest BCUT2D eigenvalue weighted by molar-refractivity contribution is 6.31. The normalized spacial score (nSPS) is 12.2. The predicted molar refractivity (Wildman–Crippen MR) is 77.1 cm³/mol. The molecule has 0 saturated carbocycles. The van der Waals surface area contributed by atoms with Gasteiger partial charge in [0.15, 0.2) is 5.78 Å². The van der Waals surface area contributed by atoms with Crippen molar-refractivity contribution in [1.82, 2.24) is 10.3 Å². The number of pyridine rings is 1. The summed E-state index contributed by atoms with van der Waals surface area (Å²) in [5.41, 5.74) is 2.19. The number of likely N-dealkylation sites (N-methyl/N-ethyl adjacent to an activating group) is 1. The van der Waals surface area contributed by atoms with Gasteiger partial charge in [-0.25, -0.2) is 4.39 Å². The standard InChI is InChI=1S/C15H14ClFN2O/c1-9(20)15(18-2)11-4-6-14(19-8-11)10-3-5-13(17)12(16)7-10/h3-8,15,18H,1-2H3. The number of ketones is 1. The molecule has 0 aliphatic carbocycles. The molecule has 1 heterocycles. The SMILES string of the molecule is CNC(C(C)=O)c1ccc(-c2ccc(F)c(Cl)c2)nc1. The van der Waals surface area contributed by atoms with Crippen LogP contribution in [0.1, 0.15) is 18.5 Å². The van der Waals surface area contributed by atoms with Gasteiger partial charge in [-0.05, 0) is 43.8 Å². The van der Waals surface area contributed by atoms with E-state index in [2.05, 4.69) is 10.3 Å². The average Bonchev–Trinajstić information content (AvgIpc) is 2.43. The molecule has 1 aromatic carbocycles. The van der Waals surface area contributed by atoms with Crippen molar-refractivity contribution in [3.63, 3.8) is 0 Å². The van der Waals surface area contributed by atoms with E-state index in [0.29, 0.717) is 5.69 Å². The lowest BCUT2D eigenvalue weighted by atomic mass is 10.0. The second-order valence-corrected chi connectivity index (χ2v) is 4.85. The summed E-state index contributed by atoms with van der Waals surface area (Å²) >= 11 is 5.75. The molecule has 2 rings (SSSR count). The molecule has 1 atom stereocenters. The number of Topliss-reactive ketones (excluding diaryl/α,β-unsaturated/α-hetero) is 1. The van der Waals surface area contributed by atoms with E-state index in [1.54, 1.807) is 25.4 Å². The molecular formula is C15H14ClFN2O. The minimum absolute atomic E-state index is 0.0203. The molecule has 3 nitrogen and oxygen atoms in total. The first-order chi connectivity index (χ1) is 9.52. The number of rotatable bonds is 4. The summed E-state index contributed by atoms with van der Waals surface area (Å²) in [5, 5.41) is 2.99. The summed E-state index contributed by atoms with van der Waals surface area (Å²) < 4.78 is 13.1.